The van der Waals surface area contributed by atoms with Crippen molar-refractivity contribution < 1.29 is 0 Å². The molecule has 5 rings (SSSR count). The van der Waals surface area contributed by atoms with Crippen LogP contribution in [0.2, 0.25) is 0 Å². The molecule has 2 aromatic heterocycles. The summed E-state index contributed by atoms with van der Waals surface area (Å²) in [6.07, 6.45) is 1.93. The number of aromatic nitrogens is 3. The van der Waals surface area contributed by atoms with E-state index in [-0.39, 0.29) is 0 Å². The van der Waals surface area contributed by atoms with Crippen LogP contribution in [0.3, 0.4) is 0 Å². The van der Waals surface area contributed by atoms with Crippen molar-refractivity contribution in [3.8, 4) is 11.3 Å². The summed E-state index contributed by atoms with van der Waals surface area (Å²) in [6, 6.07) is 29.2. The standard InChI is InChI=1S/C23H17N3/c1-2-6-17(7-3-1)16-26-23-13-11-19(14-20(23)15-24-26)22-12-10-18-8-4-5-9-21(18)25-22/h1-15H,16H2. The van der Waals surface area contributed by atoms with Gasteiger partial charge < -0.3 is 0 Å². The average Bonchev–Trinajstić information content (AvgIpc) is 3.10. The highest BCUT2D eigenvalue weighted by Gasteiger charge is 2.07. The Bertz CT molecular complexity index is 1210. The smallest absolute Gasteiger partial charge is 0.0709 e. The van der Waals surface area contributed by atoms with Gasteiger partial charge in [-0.3, -0.25) is 4.68 Å². The van der Waals surface area contributed by atoms with Crippen molar-refractivity contribution in [2.45, 2.75) is 6.54 Å². The van der Waals surface area contributed by atoms with Gasteiger partial charge in [0.25, 0.3) is 0 Å². The average molecular weight is 335 g/mol. The lowest BCUT2D eigenvalue weighted by Gasteiger charge is -2.06. The molecule has 5 aromatic rings. The SMILES string of the molecule is c1ccc(Cn2ncc3cc(-c4ccc5ccccc5n4)ccc32)cc1. The van der Waals surface area contributed by atoms with Crippen LogP contribution >= 0.6 is 0 Å². The van der Waals surface area contributed by atoms with Crippen molar-refractivity contribution in [3.05, 3.63) is 96.7 Å². The van der Waals surface area contributed by atoms with E-state index in [1.54, 1.807) is 0 Å². The van der Waals surface area contributed by atoms with Crippen molar-refractivity contribution in [3.63, 3.8) is 0 Å². The molecule has 0 saturated heterocycles. The van der Waals surface area contributed by atoms with E-state index in [1.807, 2.05) is 29.1 Å². The zero-order valence-corrected chi connectivity index (χ0v) is 14.2. The maximum absolute atomic E-state index is 4.80. The molecule has 0 bridgehead atoms. The van der Waals surface area contributed by atoms with E-state index >= 15 is 0 Å². The van der Waals surface area contributed by atoms with Crippen LogP contribution in [0.4, 0.5) is 0 Å². The lowest BCUT2D eigenvalue weighted by atomic mass is 10.1. The summed E-state index contributed by atoms with van der Waals surface area (Å²) in [4.78, 5) is 4.80. The van der Waals surface area contributed by atoms with Crippen molar-refractivity contribution in [2.24, 2.45) is 0 Å². The second kappa shape index (κ2) is 6.12. The first-order valence-electron chi connectivity index (χ1n) is 8.72. The molecule has 124 valence electrons. The van der Waals surface area contributed by atoms with Crippen LogP contribution in [0, 0.1) is 0 Å². The molecule has 0 saturated carbocycles. The Hall–Kier alpha value is -3.46. The van der Waals surface area contributed by atoms with Crippen molar-refractivity contribution in [2.75, 3.05) is 0 Å². The number of benzene rings is 3. The summed E-state index contributed by atoms with van der Waals surface area (Å²) in [7, 11) is 0. The van der Waals surface area contributed by atoms with Crippen LogP contribution < -0.4 is 0 Å². The summed E-state index contributed by atoms with van der Waals surface area (Å²) in [6.45, 7) is 0.776. The molecule has 0 spiro atoms. The lowest BCUT2D eigenvalue weighted by molar-refractivity contribution is 0.712. The second-order valence-electron chi connectivity index (χ2n) is 6.45. The molecule has 0 atom stereocenters. The van der Waals surface area contributed by atoms with E-state index in [2.05, 4.69) is 71.8 Å². The zero-order chi connectivity index (χ0) is 17.3. The predicted molar refractivity (Wildman–Crippen MR) is 106 cm³/mol. The Morgan fingerprint density at radius 3 is 2.50 bits per heavy atom. The molecule has 0 aliphatic heterocycles. The molecular formula is C23H17N3. The lowest BCUT2D eigenvalue weighted by Crippen LogP contribution is -2.00. The summed E-state index contributed by atoms with van der Waals surface area (Å²) < 4.78 is 2.04. The van der Waals surface area contributed by atoms with Gasteiger partial charge in [0.15, 0.2) is 0 Å². The molecule has 0 fully saturated rings. The maximum atomic E-state index is 4.80. The van der Waals surface area contributed by atoms with E-state index < -0.39 is 0 Å². The molecule has 0 aliphatic carbocycles. The van der Waals surface area contributed by atoms with Gasteiger partial charge in [-0.05, 0) is 29.8 Å². The molecule has 0 amide bonds. The maximum Gasteiger partial charge on any atom is 0.0709 e. The molecule has 0 unspecified atom stereocenters. The number of hydrogen-bond acceptors (Lipinski definition) is 2. The van der Waals surface area contributed by atoms with Gasteiger partial charge in [0, 0.05) is 16.3 Å². The third-order valence-electron chi connectivity index (χ3n) is 4.71. The van der Waals surface area contributed by atoms with Gasteiger partial charge in [0.2, 0.25) is 0 Å². The monoisotopic (exact) mass is 335 g/mol. The van der Waals surface area contributed by atoms with Gasteiger partial charge in [0.05, 0.1) is 29.5 Å². The number of fused-ring (bicyclic) bond motifs is 2. The van der Waals surface area contributed by atoms with E-state index in [1.165, 1.54) is 5.56 Å². The van der Waals surface area contributed by atoms with E-state index in [9.17, 15) is 0 Å². The molecule has 0 aliphatic rings. The summed E-state index contributed by atoms with van der Waals surface area (Å²) in [5.74, 6) is 0. The van der Waals surface area contributed by atoms with Crippen LogP contribution in [0.1, 0.15) is 5.56 Å². The van der Waals surface area contributed by atoms with Crippen molar-refractivity contribution in [1.82, 2.24) is 14.8 Å². The first-order chi connectivity index (χ1) is 12.9. The number of nitrogens with zero attached hydrogens (tertiary/aromatic N) is 3. The van der Waals surface area contributed by atoms with Gasteiger partial charge in [0.1, 0.15) is 0 Å². The Morgan fingerprint density at radius 2 is 1.58 bits per heavy atom. The molecule has 3 heteroatoms. The molecule has 3 nitrogen and oxygen atoms in total. The topological polar surface area (TPSA) is 30.7 Å². The summed E-state index contributed by atoms with van der Waals surface area (Å²) >= 11 is 0. The van der Waals surface area contributed by atoms with Crippen molar-refractivity contribution >= 4 is 21.8 Å². The molecule has 3 aromatic carbocycles. The molecule has 0 radical (unpaired) electrons. The number of para-hydroxylation sites is 1. The molecular weight excluding hydrogens is 318 g/mol. The van der Waals surface area contributed by atoms with E-state index in [0.717, 1.165) is 39.6 Å². The highest BCUT2D eigenvalue weighted by molar-refractivity contribution is 5.86. The van der Waals surface area contributed by atoms with Crippen LogP contribution in [0.5, 0.6) is 0 Å². The summed E-state index contributed by atoms with van der Waals surface area (Å²) in [5, 5.41) is 6.86. The Morgan fingerprint density at radius 1 is 0.731 bits per heavy atom. The van der Waals surface area contributed by atoms with Gasteiger partial charge in [-0.2, -0.15) is 5.10 Å². The van der Waals surface area contributed by atoms with E-state index in [0.29, 0.717) is 0 Å². The number of rotatable bonds is 3. The van der Waals surface area contributed by atoms with Crippen LogP contribution in [0.25, 0.3) is 33.1 Å². The van der Waals surface area contributed by atoms with Crippen LogP contribution in [-0.4, -0.2) is 14.8 Å². The zero-order valence-electron chi connectivity index (χ0n) is 14.2. The third-order valence-corrected chi connectivity index (χ3v) is 4.71. The molecule has 0 N–H and O–H groups in total. The third kappa shape index (κ3) is 2.64. The Labute approximate surface area is 151 Å². The summed E-state index contributed by atoms with van der Waals surface area (Å²) in [5.41, 5.74) is 5.50. The Kier molecular flexibility index (Phi) is 3.49. The second-order valence-corrected chi connectivity index (χ2v) is 6.45. The number of pyridine rings is 1. The first kappa shape index (κ1) is 14.8. The highest BCUT2D eigenvalue weighted by atomic mass is 15.3. The number of hydrogen-bond donors (Lipinski definition) is 0. The largest absolute Gasteiger partial charge is 0.260 e. The quantitative estimate of drug-likeness (QED) is 0.448. The minimum Gasteiger partial charge on any atom is -0.260 e. The Balaban J connectivity index is 1.53. The van der Waals surface area contributed by atoms with Crippen LogP contribution in [0.15, 0.2) is 91.1 Å². The molecule has 26 heavy (non-hydrogen) atoms. The first-order valence-corrected chi connectivity index (χ1v) is 8.72. The fourth-order valence-corrected chi connectivity index (χ4v) is 3.36. The minimum atomic E-state index is 0.776. The fourth-order valence-electron chi connectivity index (χ4n) is 3.36. The predicted octanol–water partition coefficient (Wildman–Crippen LogP) is 5.30. The highest BCUT2D eigenvalue weighted by Crippen LogP contribution is 2.25. The van der Waals surface area contributed by atoms with E-state index in [4.69, 9.17) is 4.98 Å². The van der Waals surface area contributed by atoms with Gasteiger partial charge >= 0.3 is 0 Å². The normalized spacial score (nSPS) is 11.2. The van der Waals surface area contributed by atoms with Gasteiger partial charge in [-0.1, -0.05) is 60.7 Å². The fraction of sp³-hybridized carbons (Fsp3) is 0.0435. The molecule has 2 heterocycles. The van der Waals surface area contributed by atoms with Crippen molar-refractivity contribution in [1.29, 1.82) is 0 Å². The minimum absolute atomic E-state index is 0.776. The van der Waals surface area contributed by atoms with Gasteiger partial charge in [-0.15, -0.1) is 0 Å². The van der Waals surface area contributed by atoms with Crippen LogP contribution in [-0.2, 0) is 6.54 Å². The van der Waals surface area contributed by atoms with Gasteiger partial charge in [-0.25, -0.2) is 4.98 Å².